The first-order chi connectivity index (χ1) is 9.16. The maximum atomic E-state index is 12.2. The van der Waals surface area contributed by atoms with Gasteiger partial charge in [0.2, 0.25) is 5.91 Å². The molecule has 0 atom stereocenters. The second-order valence-corrected chi connectivity index (χ2v) is 4.74. The van der Waals surface area contributed by atoms with Crippen LogP contribution in [-0.2, 0) is 23.1 Å². The molecule has 1 fully saturated rings. The number of fused-ring (bicyclic) bond motifs is 1. The molecule has 0 unspecified atom stereocenters. The summed E-state index contributed by atoms with van der Waals surface area (Å²) in [6.45, 7) is 4.75. The lowest BCUT2D eigenvalue weighted by Crippen LogP contribution is -2.42. The highest BCUT2D eigenvalue weighted by atomic mass is 16.5. The molecule has 3 rings (SSSR count). The minimum Gasteiger partial charge on any atom is -0.378 e. The minimum absolute atomic E-state index is 0.0801. The number of carbonyl (C=O) groups is 1. The molecule has 0 spiro atoms. The Bertz CT molecular complexity index is 609. The van der Waals surface area contributed by atoms with Gasteiger partial charge in [-0.05, 0) is 6.92 Å². The first-order valence-electron chi connectivity index (χ1n) is 6.37. The van der Waals surface area contributed by atoms with Crippen molar-refractivity contribution in [2.75, 3.05) is 26.3 Å². The summed E-state index contributed by atoms with van der Waals surface area (Å²) >= 11 is 0. The van der Waals surface area contributed by atoms with E-state index >= 15 is 0 Å². The highest BCUT2D eigenvalue weighted by molar-refractivity contribution is 5.81. The molecule has 0 N–H and O–H groups in total. The van der Waals surface area contributed by atoms with Crippen molar-refractivity contribution in [2.24, 2.45) is 7.05 Å². The normalized spacial score (nSPS) is 16.2. The van der Waals surface area contributed by atoms with Crippen molar-refractivity contribution < 1.29 is 9.53 Å². The van der Waals surface area contributed by atoms with Gasteiger partial charge in [0.05, 0.1) is 25.1 Å². The lowest BCUT2D eigenvalue weighted by Gasteiger charge is -2.26. The van der Waals surface area contributed by atoms with Crippen molar-refractivity contribution in [2.45, 2.75) is 13.5 Å². The third-order valence-corrected chi connectivity index (χ3v) is 3.46. The first kappa shape index (κ1) is 12.2. The number of rotatable bonds is 2. The van der Waals surface area contributed by atoms with Crippen LogP contribution in [0.15, 0.2) is 6.20 Å². The van der Waals surface area contributed by atoms with Crippen LogP contribution >= 0.6 is 0 Å². The van der Waals surface area contributed by atoms with Gasteiger partial charge in [0, 0.05) is 20.1 Å². The summed E-state index contributed by atoms with van der Waals surface area (Å²) in [5, 5.41) is 8.63. The third-order valence-electron chi connectivity index (χ3n) is 3.46. The predicted octanol–water partition coefficient (Wildman–Crippen LogP) is -0.0630. The van der Waals surface area contributed by atoms with Crippen LogP contribution in [-0.4, -0.2) is 56.7 Å². The average Bonchev–Trinajstić information content (AvgIpc) is 2.94. The SMILES string of the molecule is Cc1nn(C)c2cnn(CC(=O)N3CCOCC3)c12. The van der Waals surface area contributed by atoms with Crippen LogP contribution in [0.3, 0.4) is 0 Å². The van der Waals surface area contributed by atoms with Crippen molar-refractivity contribution in [1.29, 1.82) is 0 Å². The maximum Gasteiger partial charge on any atom is 0.244 e. The Hall–Kier alpha value is -1.89. The predicted molar refractivity (Wildman–Crippen MR) is 68.6 cm³/mol. The molecule has 0 aromatic carbocycles. The molecule has 2 aromatic rings. The highest BCUT2D eigenvalue weighted by Crippen LogP contribution is 2.16. The van der Waals surface area contributed by atoms with E-state index in [4.69, 9.17) is 4.74 Å². The number of hydrogen-bond donors (Lipinski definition) is 0. The number of aromatic nitrogens is 4. The van der Waals surface area contributed by atoms with Gasteiger partial charge in [0.25, 0.3) is 0 Å². The maximum absolute atomic E-state index is 12.2. The van der Waals surface area contributed by atoms with Gasteiger partial charge in [-0.3, -0.25) is 14.2 Å². The van der Waals surface area contributed by atoms with E-state index in [-0.39, 0.29) is 12.5 Å². The van der Waals surface area contributed by atoms with E-state index < -0.39 is 0 Å². The quantitative estimate of drug-likeness (QED) is 0.761. The fourth-order valence-corrected chi connectivity index (χ4v) is 2.47. The largest absolute Gasteiger partial charge is 0.378 e. The van der Waals surface area contributed by atoms with E-state index in [1.165, 1.54) is 0 Å². The Morgan fingerprint density at radius 3 is 2.89 bits per heavy atom. The van der Waals surface area contributed by atoms with E-state index in [0.29, 0.717) is 26.3 Å². The van der Waals surface area contributed by atoms with Crippen LogP contribution in [0.1, 0.15) is 5.69 Å². The van der Waals surface area contributed by atoms with Gasteiger partial charge in [0.1, 0.15) is 17.6 Å². The van der Waals surface area contributed by atoms with Crippen molar-refractivity contribution in [3.05, 3.63) is 11.9 Å². The number of carbonyl (C=O) groups excluding carboxylic acids is 1. The molecule has 1 aliphatic rings. The molecular formula is C12H17N5O2. The summed E-state index contributed by atoms with van der Waals surface area (Å²) in [5.74, 6) is 0.0801. The second kappa shape index (κ2) is 4.65. The summed E-state index contributed by atoms with van der Waals surface area (Å²) < 4.78 is 8.76. The molecule has 1 aliphatic heterocycles. The van der Waals surface area contributed by atoms with Gasteiger partial charge in [-0.25, -0.2) is 0 Å². The number of ether oxygens (including phenoxy) is 1. The van der Waals surface area contributed by atoms with Crippen LogP contribution in [0.5, 0.6) is 0 Å². The molecule has 19 heavy (non-hydrogen) atoms. The van der Waals surface area contributed by atoms with Crippen molar-refractivity contribution >= 4 is 16.9 Å². The molecule has 1 saturated heterocycles. The summed E-state index contributed by atoms with van der Waals surface area (Å²) in [5.41, 5.74) is 2.78. The van der Waals surface area contributed by atoms with Crippen molar-refractivity contribution in [3.63, 3.8) is 0 Å². The van der Waals surface area contributed by atoms with E-state index in [2.05, 4.69) is 10.2 Å². The van der Waals surface area contributed by atoms with Gasteiger partial charge < -0.3 is 9.64 Å². The molecule has 3 heterocycles. The van der Waals surface area contributed by atoms with Crippen LogP contribution in [0.4, 0.5) is 0 Å². The fraction of sp³-hybridized carbons (Fsp3) is 0.583. The van der Waals surface area contributed by atoms with Crippen LogP contribution in [0.25, 0.3) is 11.0 Å². The van der Waals surface area contributed by atoms with Crippen LogP contribution in [0.2, 0.25) is 0 Å². The van der Waals surface area contributed by atoms with E-state index in [1.54, 1.807) is 15.6 Å². The lowest BCUT2D eigenvalue weighted by molar-refractivity contribution is -0.136. The molecule has 7 nitrogen and oxygen atoms in total. The van der Waals surface area contributed by atoms with E-state index in [1.807, 2.05) is 18.9 Å². The minimum atomic E-state index is 0.0801. The molecule has 0 bridgehead atoms. The Balaban J connectivity index is 1.83. The molecule has 102 valence electrons. The number of nitrogens with zero attached hydrogens (tertiary/aromatic N) is 5. The van der Waals surface area contributed by atoms with Gasteiger partial charge in [-0.15, -0.1) is 0 Å². The van der Waals surface area contributed by atoms with Gasteiger partial charge in [-0.1, -0.05) is 0 Å². The molecule has 2 aromatic heterocycles. The highest BCUT2D eigenvalue weighted by Gasteiger charge is 2.19. The zero-order valence-electron chi connectivity index (χ0n) is 11.2. The van der Waals surface area contributed by atoms with Crippen LogP contribution < -0.4 is 0 Å². The van der Waals surface area contributed by atoms with Crippen molar-refractivity contribution in [3.8, 4) is 0 Å². The average molecular weight is 263 g/mol. The summed E-state index contributed by atoms with van der Waals surface area (Å²) in [4.78, 5) is 14.0. The van der Waals surface area contributed by atoms with E-state index in [0.717, 1.165) is 16.7 Å². The number of morpholine rings is 1. The van der Waals surface area contributed by atoms with Gasteiger partial charge in [0.15, 0.2) is 0 Å². The second-order valence-electron chi connectivity index (χ2n) is 4.74. The van der Waals surface area contributed by atoms with E-state index in [9.17, 15) is 4.79 Å². The number of aryl methyl sites for hydroxylation is 2. The Kier molecular flexibility index (Phi) is 2.98. The molecule has 7 heteroatoms. The first-order valence-corrected chi connectivity index (χ1v) is 6.37. The Morgan fingerprint density at radius 1 is 1.42 bits per heavy atom. The van der Waals surface area contributed by atoms with Gasteiger partial charge >= 0.3 is 0 Å². The fourth-order valence-electron chi connectivity index (χ4n) is 2.47. The van der Waals surface area contributed by atoms with Crippen molar-refractivity contribution in [1.82, 2.24) is 24.5 Å². The molecule has 0 saturated carbocycles. The molecule has 1 amide bonds. The Morgan fingerprint density at radius 2 is 2.16 bits per heavy atom. The summed E-state index contributed by atoms with van der Waals surface area (Å²) in [6.07, 6.45) is 1.75. The standard InChI is InChI=1S/C12H17N5O2/c1-9-12-10(15(2)14-9)7-13-17(12)8-11(18)16-3-5-19-6-4-16/h7H,3-6,8H2,1-2H3. The lowest BCUT2D eigenvalue weighted by atomic mass is 10.3. The van der Waals surface area contributed by atoms with Crippen LogP contribution in [0, 0.1) is 6.92 Å². The third kappa shape index (κ3) is 2.10. The molecule has 0 aliphatic carbocycles. The topological polar surface area (TPSA) is 65.2 Å². The molecular weight excluding hydrogens is 246 g/mol. The monoisotopic (exact) mass is 263 g/mol. The van der Waals surface area contributed by atoms with Gasteiger partial charge in [-0.2, -0.15) is 10.2 Å². The zero-order valence-corrected chi connectivity index (χ0v) is 11.2. The summed E-state index contributed by atoms with van der Waals surface area (Å²) in [7, 11) is 1.88. The zero-order chi connectivity index (χ0) is 13.4. The smallest absolute Gasteiger partial charge is 0.244 e. The Labute approximate surface area is 110 Å². The number of amides is 1. The summed E-state index contributed by atoms with van der Waals surface area (Å²) in [6, 6.07) is 0. The molecule has 0 radical (unpaired) electrons. The number of hydrogen-bond acceptors (Lipinski definition) is 4.